The molecule has 0 saturated heterocycles. The van der Waals surface area contributed by atoms with Crippen LogP contribution in [0.25, 0.3) is 0 Å². The highest BCUT2D eigenvalue weighted by atomic mass is 19.1. The Bertz CT molecular complexity index is 512. The molecule has 0 amide bonds. The molecule has 3 rings (SSSR count). The van der Waals surface area contributed by atoms with E-state index < -0.39 is 11.2 Å². The lowest BCUT2D eigenvalue weighted by molar-refractivity contribution is -0.142. The minimum absolute atomic E-state index is 0.245. The highest BCUT2D eigenvalue weighted by Gasteiger charge is 2.63. The van der Waals surface area contributed by atoms with E-state index in [1.54, 1.807) is 6.07 Å². The van der Waals surface area contributed by atoms with Gasteiger partial charge in [-0.3, -0.25) is 4.79 Å². The molecule has 3 nitrogen and oxygen atoms in total. The SMILES string of the molecule is COC(=O)[C@H]1CC12CCc1ccc(O)c(F)c12. The van der Waals surface area contributed by atoms with Gasteiger partial charge in [-0.2, -0.15) is 0 Å². The number of phenolic OH excluding ortho intramolecular Hbond substituents is 1. The predicted molar refractivity (Wildman–Crippen MR) is 58.2 cm³/mol. The summed E-state index contributed by atoms with van der Waals surface area (Å²) in [6.07, 6.45) is 2.16. The molecule has 90 valence electrons. The normalized spacial score (nSPS) is 29.2. The van der Waals surface area contributed by atoms with Gasteiger partial charge in [-0.05, 0) is 30.9 Å². The number of carbonyl (C=O) groups is 1. The van der Waals surface area contributed by atoms with Gasteiger partial charge in [0.15, 0.2) is 11.6 Å². The Morgan fingerprint density at radius 2 is 2.35 bits per heavy atom. The molecule has 1 unspecified atom stereocenters. The van der Waals surface area contributed by atoms with Crippen LogP contribution in [0, 0.1) is 11.7 Å². The Kier molecular flexibility index (Phi) is 2.00. The molecule has 0 heterocycles. The van der Waals surface area contributed by atoms with Crippen molar-refractivity contribution in [1.82, 2.24) is 0 Å². The van der Waals surface area contributed by atoms with Crippen molar-refractivity contribution in [3.8, 4) is 5.75 Å². The fourth-order valence-electron chi connectivity index (χ4n) is 3.14. The van der Waals surface area contributed by atoms with Gasteiger partial charge in [-0.25, -0.2) is 4.39 Å². The van der Waals surface area contributed by atoms with E-state index in [-0.39, 0.29) is 17.6 Å². The molecular weight excluding hydrogens is 223 g/mol. The standard InChI is InChI=1S/C13H13FO3/c1-17-12(16)8-6-13(8)5-4-7-2-3-9(15)11(14)10(7)13/h2-3,8,15H,4-6H2,1H3/t8-,13?/m1/s1. The molecule has 0 aromatic heterocycles. The summed E-state index contributed by atoms with van der Waals surface area (Å²) in [6, 6.07) is 3.12. The molecule has 1 spiro atoms. The van der Waals surface area contributed by atoms with Crippen molar-refractivity contribution < 1.29 is 19.0 Å². The lowest BCUT2D eigenvalue weighted by Crippen LogP contribution is -2.15. The monoisotopic (exact) mass is 236 g/mol. The Hall–Kier alpha value is -1.58. The topological polar surface area (TPSA) is 46.5 Å². The summed E-state index contributed by atoms with van der Waals surface area (Å²) in [5.41, 5.74) is 1.03. The average molecular weight is 236 g/mol. The maximum absolute atomic E-state index is 14.0. The van der Waals surface area contributed by atoms with Crippen molar-refractivity contribution in [1.29, 1.82) is 0 Å². The fraction of sp³-hybridized carbons (Fsp3) is 0.462. The molecular formula is C13H13FO3. The van der Waals surface area contributed by atoms with E-state index in [4.69, 9.17) is 4.74 Å². The molecule has 2 aliphatic rings. The lowest BCUT2D eigenvalue weighted by atomic mass is 9.94. The van der Waals surface area contributed by atoms with Crippen molar-refractivity contribution in [2.45, 2.75) is 24.7 Å². The van der Waals surface area contributed by atoms with Gasteiger partial charge < -0.3 is 9.84 Å². The predicted octanol–water partition coefficient (Wildman–Crippen LogP) is 1.91. The zero-order valence-corrected chi connectivity index (χ0v) is 9.50. The summed E-state index contributed by atoms with van der Waals surface area (Å²) >= 11 is 0. The minimum atomic E-state index is -0.564. The summed E-state index contributed by atoms with van der Waals surface area (Å²) in [6.45, 7) is 0. The quantitative estimate of drug-likeness (QED) is 0.757. The molecule has 2 atom stereocenters. The third-order valence-corrected chi connectivity index (χ3v) is 4.11. The molecule has 1 aromatic carbocycles. The van der Waals surface area contributed by atoms with Crippen LogP contribution in [0.5, 0.6) is 5.75 Å². The van der Waals surface area contributed by atoms with Gasteiger partial charge in [0.2, 0.25) is 0 Å². The van der Waals surface area contributed by atoms with Crippen LogP contribution < -0.4 is 0 Å². The van der Waals surface area contributed by atoms with Crippen molar-refractivity contribution in [2.24, 2.45) is 5.92 Å². The van der Waals surface area contributed by atoms with Crippen molar-refractivity contribution in [2.75, 3.05) is 7.11 Å². The van der Waals surface area contributed by atoms with Gasteiger partial charge in [0, 0.05) is 11.0 Å². The summed E-state index contributed by atoms with van der Waals surface area (Å²) in [5.74, 6) is -1.42. The zero-order valence-electron chi connectivity index (χ0n) is 9.50. The maximum atomic E-state index is 14.0. The second kappa shape index (κ2) is 3.22. The van der Waals surface area contributed by atoms with E-state index in [0.717, 1.165) is 18.4 Å². The number of benzene rings is 1. The third-order valence-electron chi connectivity index (χ3n) is 4.11. The van der Waals surface area contributed by atoms with Crippen LogP contribution in [-0.4, -0.2) is 18.2 Å². The second-order valence-electron chi connectivity index (χ2n) is 4.87. The largest absolute Gasteiger partial charge is 0.505 e. The summed E-state index contributed by atoms with van der Waals surface area (Å²) < 4.78 is 18.7. The van der Waals surface area contributed by atoms with Crippen LogP contribution >= 0.6 is 0 Å². The Labute approximate surface area is 98.2 Å². The van der Waals surface area contributed by atoms with Gasteiger partial charge in [0.1, 0.15) is 0 Å². The van der Waals surface area contributed by atoms with Crippen molar-refractivity contribution in [3.05, 3.63) is 29.1 Å². The van der Waals surface area contributed by atoms with Crippen molar-refractivity contribution in [3.63, 3.8) is 0 Å². The molecule has 17 heavy (non-hydrogen) atoms. The van der Waals surface area contributed by atoms with E-state index >= 15 is 0 Å². The van der Waals surface area contributed by atoms with Crippen LogP contribution in [-0.2, 0) is 21.4 Å². The Morgan fingerprint density at radius 1 is 1.59 bits per heavy atom. The van der Waals surface area contributed by atoms with Crippen LogP contribution in [0.15, 0.2) is 12.1 Å². The first-order valence-electron chi connectivity index (χ1n) is 5.69. The average Bonchev–Trinajstić information content (AvgIpc) is 2.92. The number of phenols is 1. The number of carbonyl (C=O) groups excluding carboxylic acids is 1. The number of halogens is 1. The van der Waals surface area contributed by atoms with Crippen LogP contribution in [0.3, 0.4) is 0 Å². The van der Waals surface area contributed by atoms with Gasteiger partial charge in [-0.15, -0.1) is 0 Å². The molecule has 1 aromatic rings. The van der Waals surface area contributed by atoms with Crippen LogP contribution in [0.2, 0.25) is 0 Å². The number of aryl methyl sites for hydroxylation is 1. The maximum Gasteiger partial charge on any atom is 0.309 e. The van der Waals surface area contributed by atoms with E-state index in [2.05, 4.69) is 0 Å². The first-order chi connectivity index (χ1) is 8.10. The second-order valence-corrected chi connectivity index (χ2v) is 4.87. The Morgan fingerprint density at radius 3 is 3.06 bits per heavy atom. The van der Waals surface area contributed by atoms with E-state index in [0.29, 0.717) is 12.0 Å². The summed E-state index contributed by atoms with van der Waals surface area (Å²) in [5, 5.41) is 9.43. The molecule has 4 heteroatoms. The molecule has 1 N–H and O–H groups in total. The van der Waals surface area contributed by atoms with E-state index in [1.165, 1.54) is 13.2 Å². The molecule has 0 aliphatic heterocycles. The third kappa shape index (κ3) is 1.24. The number of esters is 1. The first kappa shape index (κ1) is 10.6. The van der Waals surface area contributed by atoms with E-state index in [9.17, 15) is 14.3 Å². The first-order valence-corrected chi connectivity index (χ1v) is 5.69. The lowest BCUT2D eigenvalue weighted by Gasteiger charge is -2.12. The van der Waals surface area contributed by atoms with Crippen LogP contribution in [0.4, 0.5) is 4.39 Å². The van der Waals surface area contributed by atoms with Crippen molar-refractivity contribution >= 4 is 5.97 Å². The fourth-order valence-corrected chi connectivity index (χ4v) is 3.14. The number of fused-ring (bicyclic) bond motifs is 2. The Balaban J connectivity index is 2.06. The molecule has 0 radical (unpaired) electrons. The minimum Gasteiger partial charge on any atom is -0.505 e. The van der Waals surface area contributed by atoms with Gasteiger partial charge in [-0.1, -0.05) is 6.07 Å². The number of hydrogen-bond acceptors (Lipinski definition) is 3. The van der Waals surface area contributed by atoms with Gasteiger partial charge in [0.05, 0.1) is 13.0 Å². The molecule has 1 saturated carbocycles. The summed E-state index contributed by atoms with van der Waals surface area (Å²) in [4.78, 5) is 11.5. The van der Waals surface area contributed by atoms with Crippen LogP contribution in [0.1, 0.15) is 24.0 Å². The number of ether oxygens (including phenoxy) is 1. The summed E-state index contributed by atoms with van der Waals surface area (Å²) in [7, 11) is 1.35. The number of methoxy groups -OCH3 is 1. The van der Waals surface area contributed by atoms with Gasteiger partial charge in [0.25, 0.3) is 0 Å². The number of hydrogen-bond donors (Lipinski definition) is 1. The molecule has 0 bridgehead atoms. The smallest absolute Gasteiger partial charge is 0.309 e. The number of aromatic hydroxyl groups is 1. The number of rotatable bonds is 1. The van der Waals surface area contributed by atoms with E-state index in [1.807, 2.05) is 0 Å². The molecule has 1 fully saturated rings. The zero-order chi connectivity index (χ0) is 12.2. The molecule has 2 aliphatic carbocycles. The highest BCUT2D eigenvalue weighted by molar-refractivity contribution is 5.80. The van der Waals surface area contributed by atoms with Gasteiger partial charge >= 0.3 is 5.97 Å². The highest BCUT2D eigenvalue weighted by Crippen LogP contribution is 2.63.